The molecular weight excluding hydrogens is 345 g/mol. The number of phosphoric acid groups is 1. The molecule has 0 radical (unpaired) electrons. The Bertz CT molecular complexity index is 608. The minimum Gasteiger partial charge on any atom is -0.399 e. The SMILES string of the molecule is CCN(CCN(C)c1ccc(N)cc1)S(C)(=O)=O.O=P(O)(O)O. The topological polar surface area (TPSA) is 144 Å². The average molecular weight is 369 g/mol. The van der Waals surface area contributed by atoms with Crippen molar-refractivity contribution in [2.24, 2.45) is 0 Å². The Morgan fingerprint density at radius 1 is 1.13 bits per heavy atom. The van der Waals surface area contributed by atoms with E-state index in [1.165, 1.54) is 10.6 Å². The second kappa shape index (κ2) is 9.21. The van der Waals surface area contributed by atoms with E-state index in [1.54, 1.807) is 0 Å². The number of sulfonamides is 1. The maximum Gasteiger partial charge on any atom is 0.466 e. The van der Waals surface area contributed by atoms with Gasteiger partial charge in [-0.3, -0.25) is 0 Å². The van der Waals surface area contributed by atoms with E-state index >= 15 is 0 Å². The third-order valence-electron chi connectivity index (χ3n) is 2.84. The number of rotatable bonds is 6. The van der Waals surface area contributed by atoms with Crippen LogP contribution in [0.2, 0.25) is 0 Å². The van der Waals surface area contributed by atoms with E-state index in [-0.39, 0.29) is 0 Å². The van der Waals surface area contributed by atoms with Gasteiger partial charge in [0.05, 0.1) is 6.26 Å². The molecule has 9 nitrogen and oxygen atoms in total. The van der Waals surface area contributed by atoms with Crippen molar-refractivity contribution < 1.29 is 27.7 Å². The second-order valence-electron chi connectivity index (χ2n) is 4.78. The van der Waals surface area contributed by atoms with Gasteiger partial charge in [0.25, 0.3) is 0 Å². The maximum absolute atomic E-state index is 11.4. The molecule has 0 atom stereocenters. The fraction of sp³-hybridized carbons (Fsp3) is 0.500. The Morgan fingerprint density at radius 3 is 1.91 bits per heavy atom. The van der Waals surface area contributed by atoms with Crippen LogP contribution in [0.5, 0.6) is 0 Å². The van der Waals surface area contributed by atoms with Crippen LogP contribution in [0.4, 0.5) is 11.4 Å². The van der Waals surface area contributed by atoms with Gasteiger partial charge in [0.1, 0.15) is 0 Å². The zero-order valence-electron chi connectivity index (χ0n) is 13.3. The molecule has 0 heterocycles. The molecule has 134 valence electrons. The third kappa shape index (κ3) is 11.1. The fourth-order valence-electron chi connectivity index (χ4n) is 1.68. The number of nitrogen functional groups attached to an aromatic ring is 1. The number of nitrogens with zero attached hydrogens (tertiary/aromatic N) is 2. The van der Waals surface area contributed by atoms with Crippen LogP contribution in [-0.2, 0) is 14.6 Å². The average Bonchev–Trinajstić information content (AvgIpc) is 2.36. The predicted octanol–water partition coefficient (Wildman–Crippen LogP) is 0.0579. The summed E-state index contributed by atoms with van der Waals surface area (Å²) in [7, 11) is -5.82. The Kier molecular flexibility index (Phi) is 8.75. The highest BCUT2D eigenvalue weighted by Crippen LogP contribution is 2.25. The van der Waals surface area contributed by atoms with Crippen LogP contribution in [0.15, 0.2) is 24.3 Å². The molecule has 0 fully saturated rings. The van der Waals surface area contributed by atoms with Crippen molar-refractivity contribution in [3.05, 3.63) is 24.3 Å². The monoisotopic (exact) mass is 369 g/mol. The van der Waals surface area contributed by atoms with Crippen LogP contribution in [0.25, 0.3) is 0 Å². The fourth-order valence-corrected chi connectivity index (χ4v) is 2.56. The van der Waals surface area contributed by atoms with Gasteiger partial charge < -0.3 is 25.3 Å². The molecule has 0 aromatic heterocycles. The number of hydrogen-bond acceptors (Lipinski definition) is 5. The van der Waals surface area contributed by atoms with Crippen LogP contribution in [-0.4, -0.2) is 60.3 Å². The van der Waals surface area contributed by atoms with E-state index in [0.29, 0.717) is 19.6 Å². The van der Waals surface area contributed by atoms with Crippen molar-refractivity contribution in [3.8, 4) is 0 Å². The molecule has 5 N–H and O–H groups in total. The standard InChI is InChI=1S/C12H21N3O2S.H3O4P/c1-4-15(18(3,16)17)10-9-14(2)12-7-5-11(13)6-8-12;1-5(2,3)4/h5-8H,4,9-10,13H2,1-3H3;(H3,1,2,3,4). The summed E-state index contributed by atoms with van der Waals surface area (Å²) in [5.41, 5.74) is 7.36. The summed E-state index contributed by atoms with van der Waals surface area (Å²) >= 11 is 0. The molecule has 1 aromatic rings. The second-order valence-corrected chi connectivity index (χ2v) is 7.79. The predicted molar refractivity (Wildman–Crippen MR) is 90.5 cm³/mol. The van der Waals surface area contributed by atoms with Crippen molar-refractivity contribution in [1.29, 1.82) is 0 Å². The number of nitrogens with two attached hydrogens (primary N) is 1. The largest absolute Gasteiger partial charge is 0.466 e. The maximum atomic E-state index is 11.4. The van der Waals surface area contributed by atoms with E-state index in [4.69, 9.17) is 25.0 Å². The molecule has 0 aliphatic carbocycles. The number of anilines is 2. The van der Waals surface area contributed by atoms with Gasteiger partial charge in [-0.2, -0.15) is 0 Å². The molecule has 0 aliphatic rings. The van der Waals surface area contributed by atoms with Crippen molar-refractivity contribution in [2.75, 3.05) is 43.6 Å². The van der Waals surface area contributed by atoms with Crippen molar-refractivity contribution >= 4 is 29.2 Å². The van der Waals surface area contributed by atoms with Crippen molar-refractivity contribution in [3.63, 3.8) is 0 Å². The minimum absolute atomic E-state index is 0.482. The first-order chi connectivity index (χ1) is 10.3. The van der Waals surface area contributed by atoms with Gasteiger partial charge >= 0.3 is 7.82 Å². The van der Waals surface area contributed by atoms with Crippen LogP contribution < -0.4 is 10.6 Å². The highest BCUT2D eigenvalue weighted by molar-refractivity contribution is 7.88. The van der Waals surface area contributed by atoms with E-state index in [9.17, 15) is 8.42 Å². The smallest absolute Gasteiger partial charge is 0.399 e. The Hall–Kier alpha value is -1.16. The van der Waals surface area contributed by atoms with Gasteiger partial charge in [-0.05, 0) is 24.3 Å². The molecule has 0 amide bonds. The molecule has 0 unspecified atom stereocenters. The lowest BCUT2D eigenvalue weighted by Crippen LogP contribution is -2.36. The highest BCUT2D eigenvalue weighted by atomic mass is 32.2. The summed E-state index contributed by atoms with van der Waals surface area (Å²) in [6.45, 7) is 3.46. The Morgan fingerprint density at radius 2 is 1.57 bits per heavy atom. The van der Waals surface area contributed by atoms with Crippen LogP contribution in [0, 0.1) is 0 Å². The van der Waals surface area contributed by atoms with Gasteiger partial charge in [0.15, 0.2) is 0 Å². The molecular formula is C12H24N3O6PS. The summed E-state index contributed by atoms with van der Waals surface area (Å²) in [5, 5.41) is 0. The number of hydrogen-bond donors (Lipinski definition) is 4. The van der Waals surface area contributed by atoms with Crippen LogP contribution in [0.3, 0.4) is 0 Å². The lowest BCUT2D eigenvalue weighted by Gasteiger charge is -2.24. The molecule has 0 aliphatic heterocycles. The van der Waals surface area contributed by atoms with E-state index in [1.807, 2.05) is 43.1 Å². The zero-order valence-corrected chi connectivity index (χ0v) is 15.0. The summed E-state index contributed by atoms with van der Waals surface area (Å²) in [6, 6.07) is 7.51. The van der Waals surface area contributed by atoms with Gasteiger partial charge in [-0.1, -0.05) is 6.92 Å². The molecule has 1 rings (SSSR count). The van der Waals surface area contributed by atoms with Crippen molar-refractivity contribution in [2.45, 2.75) is 6.92 Å². The Balaban J connectivity index is 0.000000841. The first kappa shape index (κ1) is 21.8. The van der Waals surface area contributed by atoms with Crippen LogP contribution in [0.1, 0.15) is 6.92 Å². The molecule has 0 spiro atoms. The molecule has 11 heteroatoms. The summed E-state index contributed by atoms with van der Waals surface area (Å²) in [4.78, 5) is 23.6. The molecule has 0 saturated heterocycles. The molecule has 23 heavy (non-hydrogen) atoms. The van der Waals surface area contributed by atoms with Gasteiger partial charge in [0.2, 0.25) is 10.0 Å². The summed E-state index contributed by atoms with van der Waals surface area (Å²) in [5.74, 6) is 0. The Labute approximate surface area is 136 Å². The zero-order chi connectivity index (χ0) is 18.3. The van der Waals surface area contributed by atoms with Crippen molar-refractivity contribution in [1.82, 2.24) is 4.31 Å². The quantitative estimate of drug-likeness (QED) is 0.407. The van der Waals surface area contributed by atoms with E-state index in [2.05, 4.69) is 0 Å². The minimum atomic E-state index is -4.64. The lowest BCUT2D eigenvalue weighted by molar-refractivity contribution is 0.275. The molecule has 0 saturated carbocycles. The van der Waals surface area contributed by atoms with E-state index < -0.39 is 17.8 Å². The molecule has 1 aromatic carbocycles. The summed E-state index contributed by atoms with van der Waals surface area (Å²) < 4.78 is 33.2. The summed E-state index contributed by atoms with van der Waals surface area (Å²) in [6.07, 6.45) is 1.24. The van der Waals surface area contributed by atoms with Gasteiger partial charge in [-0.25, -0.2) is 17.3 Å². The number of likely N-dealkylation sites (N-methyl/N-ethyl adjacent to an activating group) is 2. The third-order valence-corrected chi connectivity index (χ3v) is 4.22. The lowest BCUT2D eigenvalue weighted by atomic mass is 10.2. The first-order valence-electron chi connectivity index (χ1n) is 6.64. The number of benzene rings is 1. The molecule has 0 bridgehead atoms. The highest BCUT2D eigenvalue weighted by Gasteiger charge is 2.14. The van der Waals surface area contributed by atoms with Gasteiger partial charge in [-0.15, -0.1) is 0 Å². The first-order valence-corrected chi connectivity index (χ1v) is 10.1. The normalized spacial score (nSPS) is 11.8. The van der Waals surface area contributed by atoms with Crippen LogP contribution >= 0.6 is 7.82 Å². The van der Waals surface area contributed by atoms with Gasteiger partial charge in [0, 0.05) is 38.1 Å². The van der Waals surface area contributed by atoms with E-state index in [0.717, 1.165) is 11.4 Å².